The van der Waals surface area contributed by atoms with Crippen LogP contribution in [-0.4, -0.2) is 37.1 Å². The summed E-state index contributed by atoms with van der Waals surface area (Å²) < 4.78 is 130. The Bertz CT molecular complexity index is 1850. The van der Waals surface area contributed by atoms with E-state index in [0.29, 0.717) is 30.4 Å². The largest absolute Gasteiger partial charge is 0.490 e. The highest BCUT2D eigenvalue weighted by Gasteiger charge is 2.44. The standard InChI is InChI=1S/C19H16F6O2.C18H16F3IO2/c20-18(21,22)13-5-7-14(8-6-13)27-15-9-4-11-2-1-3-12(10-26)16(11)17(15)19(23,24)25;19-18(20,21)13-5-7-14(8-6-13)24-15-9-4-11-2-1-3-12(10-23)16(11)17(15)22/h1-4,9-10,13-14H,5-8H2;1-4,9-10,13-14H,5-8H2. The number of alkyl halides is 9. The zero-order valence-corrected chi connectivity index (χ0v) is 29.0. The Balaban J connectivity index is 0.000000199. The summed E-state index contributed by atoms with van der Waals surface area (Å²) in [5.41, 5.74) is -0.602. The van der Waals surface area contributed by atoms with E-state index in [4.69, 9.17) is 9.47 Å². The molecule has 0 aromatic heterocycles. The first-order chi connectivity index (χ1) is 24.0. The fourth-order valence-corrected chi connectivity index (χ4v) is 7.70. The van der Waals surface area contributed by atoms with Gasteiger partial charge in [0.25, 0.3) is 0 Å². The molecule has 0 spiro atoms. The first kappa shape index (κ1) is 38.7. The lowest BCUT2D eigenvalue weighted by molar-refractivity contribution is -0.186. The smallest absolute Gasteiger partial charge is 0.420 e. The molecule has 2 aliphatic carbocycles. The molecule has 2 fully saturated rings. The SMILES string of the molecule is O=Cc1cccc2ccc(OC3CCC(C(F)(F)F)CC3)c(C(F)(F)F)c12.O=Cc1cccc2ccc(OC3CCC(C(F)(F)F)CC3)c(I)c12. The highest BCUT2D eigenvalue weighted by molar-refractivity contribution is 14.1. The molecule has 4 aromatic carbocycles. The Morgan fingerprint density at radius 1 is 0.549 bits per heavy atom. The number of rotatable bonds is 6. The van der Waals surface area contributed by atoms with Crippen molar-refractivity contribution in [1.82, 2.24) is 0 Å². The molecule has 6 rings (SSSR count). The van der Waals surface area contributed by atoms with Gasteiger partial charge in [-0.3, -0.25) is 9.59 Å². The first-order valence-electron chi connectivity index (χ1n) is 16.2. The number of hydrogen-bond donors (Lipinski definition) is 0. The highest BCUT2D eigenvalue weighted by Crippen LogP contribution is 2.45. The molecule has 4 aromatic rings. The molecule has 274 valence electrons. The van der Waals surface area contributed by atoms with Gasteiger partial charge < -0.3 is 9.47 Å². The van der Waals surface area contributed by atoms with Crippen LogP contribution in [0.2, 0.25) is 0 Å². The number of carbonyl (C=O) groups excluding carboxylic acids is 2. The normalized spacial score (nSPS) is 21.5. The highest BCUT2D eigenvalue weighted by atomic mass is 127. The molecule has 0 N–H and O–H groups in total. The molecule has 14 heteroatoms. The van der Waals surface area contributed by atoms with Crippen LogP contribution in [0.25, 0.3) is 21.5 Å². The van der Waals surface area contributed by atoms with E-state index in [1.165, 1.54) is 24.3 Å². The van der Waals surface area contributed by atoms with Crippen LogP contribution >= 0.6 is 22.6 Å². The summed E-state index contributed by atoms with van der Waals surface area (Å²) in [6, 6.07) is 16.0. The molecule has 4 nitrogen and oxygen atoms in total. The zero-order chi connectivity index (χ0) is 37.1. The monoisotopic (exact) mass is 838 g/mol. The van der Waals surface area contributed by atoms with Crippen LogP contribution in [0.1, 0.15) is 77.6 Å². The zero-order valence-electron chi connectivity index (χ0n) is 26.8. The van der Waals surface area contributed by atoms with Gasteiger partial charge in [-0.05, 0) is 96.9 Å². The van der Waals surface area contributed by atoms with Gasteiger partial charge in [0.15, 0.2) is 12.6 Å². The van der Waals surface area contributed by atoms with Gasteiger partial charge >= 0.3 is 18.5 Å². The lowest BCUT2D eigenvalue weighted by Gasteiger charge is -2.31. The maximum atomic E-state index is 13.7. The first-order valence-corrected chi connectivity index (χ1v) is 17.3. The fourth-order valence-electron chi connectivity index (χ4n) is 6.77. The van der Waals surface area contributed by atoms with E-state index in [9.17, 15) is 49.1 Å². The maximum Gasteiger partial charge on any atom is 0.420 e. The van der Waals surface area contributed by atoms with Crippen molar-refractivity contribution in [2.45, 2.75) is 82.1 Å². The van der Waals surface area contributed by atoms with Crippen molar-refractivity contribution in [2.75, 3.05) is 0 Å². The lowest BCUT2D eigenvalue weighted by atomic mass is 9.87. The van der Waals surface area contributed by atoms with Gasteiger partial charge in [-0.1, -0.05) is 48.5 Å². The van der Waals surface area contributed by atoms with E-state index >= 15 is 0 Å². The van der Waals surface area contributed by atoms with Gasteiger partial charge in [0, 0.05) is 21.9 Å². The predicted octanol–water partition coefficient (Wildman–Crippen LogP) is 11.9. The molecule has 0 unspecified atom stereocenters. The third kappa shape index (κ3) is 9.09. The second kappa shape index (κ2) is 15.6. The quantitative estimate of drug-likeness (QED) is 0.110. The second-order valence-electron chi connectivity index (χ2n) is 12.7. The molecular weight excluding hydrogens is 806 g/mol. The van der Waals surface area contributed by atoms with Crippen LogP contribution in [0.3, 0.4) is 0 Å². The van der Waals surface area contributed by atoms with Crippen molar-refractivity contribution in [2.24, 2.45) is 11.8 Å². The number of hydrogen-bond acceptors (Lipinski definition) is 4. The maximum absolute atomic E-state index is 13.7. The van der Waals surface area contributed by atoms with Crippen molar-refractivity contribution < 1.29 is 58.6 Å². The molecule has 0 heterocycles. The van der Waals surface area contributed by atoms with Crippen molar-refractivity contribution in [1.29, 1.82) is 0 Å². The van der Waals surface area contributed by atoms with E-state index in [2.05, 4.69) is 22.6 Å². The van der Waals surface area contributed by atoms with Gasteiger partial charge in [-0.15, -0.1) is 0 Å². The Labute approximate surface area is 300 Å². The van der Waals surface area contributed by atoms with Crippen molar-refractivity contribution in [3.63, 3.8) is 0 Å². The summed E-state index contributed by atoms with van der Waals surface area (Å²) in [6.45, 7) is 0. The average molecular weight is 839 g/mol. The molecule has 0 bridgehead atoms. The third-order valence-corrected chi connectivity index (χ3v) is 10.5. The van der Waals surface area contributed by atoms with Crippen molar-refractivity contribution >= 4 is 56.7 Å². The van der Waals surface area contributed by atoms with E-state index in [0.717, 1.165) is 26.7 Å². The number of halogens is 10. The number of carbonyl (C=O) groups is 2. The predicted molar refractivity (Wildman–Crippen MR) is 181 cm³/mol. The average Bonchev–Trinajstić information content (AvgIpc) is 3.08. The number of benzene rings is 4. The number of aldehydes is 2. The van der Waals surface area contributed by atoms with Gasteiger partial charge in [0.2, 0.25) is 0 Å². The topological polar surface area (TPSA) is 52.6 Å². The van der Waals surface area contributed by atoms with Crippen LogP contribution in [0.15, 0.2) is 60.7 Å². The fraction of sp³-hybridized carbons (Fsp3) is 0.405. The molecule has 0 saturated heterocycles. The summed E-state index contributed by atoms with van der Waals surface area (Å²) in [5, 5.41) is 1.74. The molecular formula is C37H32F9IO4. The van der Waals surface area contributed by atoms with Gasteiger partial charge in [-0.2, -0.15) is 39.5 Å². The third-order valence-electron chi connectivity index (χ3n) is 9.42. The van der Waals surface area contributed by atoms with Crippen LogP contribution in [0, 0.1) is 15.4 Å². The van der Waals surface area contributed by atoms with Gasteiger partial charge in [0.1, 0.15) is 17.1 Å². The van der Waals surface area contributed by atoms with E-state index in [1.54, 1.807) is 6.07 Å². The minimum absolute atomic E-state index is 0.0227. The second-order valence-corrected chi connectivity index (χ2v) is 13.8. The summed E-state index contributed by atoms with van der Waals surface area (Å²) in [6.07, 6.45) is -12.3. The molecule has 2 aliphatic rings. The minimum Gasteiger partial charge on any atom is -0.490 e. The summed E-state index contributed by atoms with van der Waals surface area (Å²) in [5.74, 6) is -2.49. The lowest BCUT2D eigenvalue weighted by Crippen LogP contribution is -2.32. The minimum atomic E-state index is -4.78. The summed E-state index contributed by atoms with van der Waals surface area (Å²) >= 11 is 2.14. The molecule has 0 aliphatic heterocycles. The molecule has 0 atom stereocenters. The van der Waals surface area contributed by atoms with Crippen LogP contribution < -0.4 is 9.47 Å². The molecule has 2 saturated carbocycles. The Morgan fingerprint density at radius 3 is 1.39 bits per heavy atom. The summed E-state index contributed by atoms with van der Waals surface area (Å²) in [4.78, 5) is 22.5. The van der Waals surface area contributed by atoms with Crippen LogP contribution in [0.5, 0.6) is 11.5 Å². The van der Waals surface area contributed by atoms with Crippen molar-refractivity contribution in [3.8, 4) is 11.5 Å². The van der Waals surface area contributed by atoms with Crippen LogP contribution in [-0.2, 0) is 6.18 Å². The summed E-state index contributed by atoms with van der Waals surface area (Å²) in [7, 11) is 0. The number of fused-ring (bicyclic) bond motifs is 2. The molecule has 51 heavy (non-hydrogen) atoms. The molecule has 0 radical (unpaired) electrons. The molecule has 0 amide bonds. The van der Waals surface area contributed by atoms with E-state index in [-0.39, 0.29) is 61.0 Å². The van der Waals surface area contributed by atoms with Crippen molar-refractivity contribution in [3.05, 3.63) is 80.9 Å². The van der Waals surface area contributed by atoms with Crippen LogP contribution in [0.4, 0.5) is 39.5 Å². The Morgan fingerprint density at radius 2 is 0.961 bits per heavy atom. The van der Waals surface area contributed by atoms with Gasteiger partial charge in [0.05, 0.1) is 27.6 Å². The van der Waals surface area contributed by atoms with E-state index in [1.807, 2.05) is 24.3 Å². The van der Waals surface area contributed by atoms with E-state index < -0.39 is 47.8 Å². The van der Waals surface area contributed by atoms with Gasteiger partial charge in [-0.25, -0.2) is 0 Å². The Kier molecular flexibility index (Phi) is 11.8. The number of ether oxygens (including phenoxy) is 2. The Hall–Kier alpha value is -3.56.